The Kier molecular flexibility index (Phi) is 6.33. The number of pyridine rings is 2. The summed E-state index contributed by atoms with van der Waals surface area (Å²) in [4.78, 5) is 21.3. The van der Waals surface area contributed by atoms with Crippen molar-refractivity contribution in [1.82, 2.24) is 25.1 Å². The van der Waals surface area contributed by atoms with Crippen molar-refractivity contribution in [1.29, 1.82) is 0 Å². The average Bonchev–Trinajstić information content (AvgIpc) is 3.07. The molecular weight excluding hydrogens is 425 g/mol. The number of hydrogen-bond donors (Lipinski definition) is 4. The van der Waals surface area contributed by atoms with E-state index in [1.807, 2.05) is 13.8 Å². The van der Waals surface area contributed by atoms with Gasteiger partial charge in [-0.25, -0.2) is 14.4 Å². The molecule has 0 saturated heterocycles. The molecule has 0 aliphatic carbocycles. The SMILES string of the molecule is CC(C)Nc1cc(-n2ncc3cc(Cl)c(N)nc32)ncc1C(=O)NCC(F)C(C)(C)O. The predicted octanol–water partition coefficient (Wildman–Crippen LogP) is 2.71. The Balaban J connectivity index is 1.95. The van der Waals surface area contributed by atoms with E-state index in [1.165, 1.54) is 24.7 Å². The van der Waals surface area contributed by atoms with Gasteiger partial charge < -0.3 is 21.5 Å². The highest BCUT2D eigenvalue weighted by Crippen LogP contribution is 2.25. The van der Waals surface area contributed by atoms with E-state index in [0.29, 0.717) is 27.6 Å². The lowest BCUT2D eigenvalue weighted by Gasteiger charge is -2.23. The van der Waals surface area contributed by atoms with Crippen LogP contribution in [0.3, 0.4) is 0 Å². The zero-order chi connectivity index (χ0) is 22.9. The van der Waals surface area contributed by atoms with E-state index in [1.54, 1.807) is 18.3 Å². The Morgan fingerprint density at radius 2 is 2.06 bits per heavy atom. The number of carbonyl (C=O) groups excluding carboxylic acids is 1. The van der Waals surface area contributed by atoms with Crippen LogP contribution in [0.15, 0.2) is 24.5 Å². The van der Waals surface area contributed by atoms with E-state index in [4.69, 9.17) is 17.3 Å². The fourth-order valence-corrected chi connectivity index (χ4v) is 2.97. The summed E-state index contributed by atoms with van der Waals surface area (Å²) < 4.78 is 15.5. The fourth-order valence-electron chi connectivity index (χ4n) is 2.81. The molecule has 1 atom stereocenters. The number of rotatable bonds is 7. The van der Waals surface area contributed by atoms with Crippen LogP contribution in [0.1, 0.15) is 38.1 Å². The molecule has 9 nitrogen and oxygen atoms in total. The summed E-state index contributed by atoms with van der Waals surface area (Å²) in [6.07, 6.45) is 1.34. The lowest BCUT2D eigenvalue weighted by Crippen LogP contribution is -2.42. The number of nitrogens with two attached hydrogens (primary N) is 1. The molecular formula is C20H25ClFN7O2. The monoisotopic (exact) mass is 449 g/mol. The number of nitrogens with one attached hydrogen (secondary N) is 2. The highest BCUT2D eigenvalue weighted by molar-refractivity contribution is 6.33. The molecule has 11 heteroatoms. The number of fused-ring (bicyclic) bond motifs is 1. The Hall–Kier alpha value is -2.98. The van der Waals surface area contributed by atoms with E-state index >= 15 is 0 Å². The van der Waals surface area contributed by atoms with Gasteiger partial charge >= 0.3 is 0 Å². The number of anilines is 2. The van der Waals surface area contributed by atoms with Crippen molar-refractivity contribution in [2.45, 2.75) is 45.5 Å². The van der Waals surface area contributed by atoms with Crippen LogP contribution in [0, 0.1) is 0 Å². The number of amides is 1. The van der Waals surface area contributed by atoms with Crippen LogP contribution in [0.4, 0.5) is 15.9 Å². The van der Waals surface area contributed by atoms with Crippen molar-refractivity contribution < 1.29 is 14.3 Å². The van der Waals surface area contributed by atoms with Gasteiger partial charge in [-0.05, 0) is 33.8 Å². The minimum absolute atomic E-state index is 0.00837. The van der Waals surface area contributed by atoms with Gasteiger partial charge in [0.25, 0.3) is 5.91 Å². The van der Waals surface area contributed by atoms with Gasteiger partial charge in [0.1, 0.15) is 12.0 Å². The largest absolute Gasteiger partial charge is 0.387 e. The number of nitrogens with zero attached hydrogens (tertiary/aromatic N) is 4. The maximum atomic E-state index is 14.0. The Labute approximate surface area is 183 Å². The molecule has 0 saturated carbocycles. The standard InChI is InChI=1S/C20H25ClFN7O2/c1-10(2)27-14-6-16(29-18-11(7-26-29)5-13(21)17(23)28-18)24-8-12(14)19(30)25-9-15(22)20(3,4)31/h5-8,10,15,31H,9H2,1-4H3,(H2,23,28)(H,24,27)(H,25,30). The third-order valence-electron chi connectivity index (χ3n) is 4.53. The highest BCUT2D eigenvalue weighted by Gasteiger charge is 2.27. The lowest BCUT2D eigenvalue weighted by molar-refractivity contribution is -0.00177. The van der Waals surface area contributed by atoms with Crippen molar-refractivity contribution in [2.75, 3.05) is 17.6 Å². The molecule has 166 valence electrons. The number of nitrogen functional groups attached to an aromatic ring is 1. The summed E-state index contributed by atoms with van der Waals surface area (Å²) in [5.74, 6) is 0.0531. The smallest absolute Gasteiger partial charge is 0.255 e. The zero-order valence-corrected chi connectivity index (χ0v) is 18.4. The van der Waals surface area contributed by atoms with E-state index in [0.717, 1.165) is 0 Å². The molecule has 0 spiro atoms. The summed E-state index contributed by atoms with van der Waals surface area (Å²) in [6.45, 7) is 6.18. The molecule has 3 aromatic rings. The molecule has 0 radical (unpaired) electrons. The number of carbonyl (C=O) groups is 1. The summed E-state index contributed by atoms with van der Waals surface area (Å²) in [5, 5.41) is 20.7. The molecule has 1 unspecified atom stereocenters. The lowest BCUT2D eigenvalue weighted by atomic mass is 10.0. The maximum Gasteiger partial charge on any atom is 0.255 e. The molecule has 0 aliphatic rings. The van der Waals surface area contributed by atoms with Crippen LogP contribution in [0.5, 0.6) is 0 Å². The molecule has 0 fully saturated rings. The molecule has 1 amide bonds. The number of alkyl halides is 1. The van der Waals surface area contributed by atoms with E-state index in [-0.39, 0.29) is 24.0 Å². The number of halogens is 2. The molecule has 0 aromatic carbocycles. The minimum Gasteiger partial charge on any atom is -0.387 e. The van der Waals surface area contributed by atoms with Crippen LogP contribution in [0.25, 0.3) is 16.9 Å². The molecule has 0 bridgehead atoms. The van der Waals surface area contributed by atoms with Gasteiger partial charge in [0.15, 0.2) is 11.5 Å². The summed E-state index contributed by atoms with van der Waals surface area (Å²) in [7, 11) is 0. The average molecular weight is 450 g/mol. The van der Waals surface area contributed by atoms with Gasteiger partial charge in [-0.3, -0.25) is 4.79 Å². The van der Waals surface area contributed by atoms with Crippen LogP contribution < -0.4 is 16.4 Å². The molecule has 3 heterocycles. The van der Waals surface area contributed by atoms with E-state index in [2.05, 4.69) is 25.7 Å². The van der Waals surface area contributed by atoms with Crippen molar-refractivity contribution in [2.24, 2.45) is 0 Å². The highest BCUT2D eigenvalue weighted by atomic mass is 35.5. The summed E-state index contributed by atoms with van der Waals surface area (Å²) in [5.41, 5.74) is 5.44. The first-order valence-corrected chi connectivity index (χ1v) is 10.1. The van der Waals surface area contributed by atoms with Gasteiger partial charge in [0.05, 0.1) is 34.6 Å². The molecule has 3 rings (SSSR count). The normalized spacial score (nSPS) is 12.9. The van der Waals surface area contributed by atoms with Crippen LogP contribution in [0.2, 0.25) is 5.02 Å². The molecule has 31 heavy (non-hydrogen) atoms. The van der Waals surface area contributed by atoms with Crippen LogP contribution >= 0.6 is 11.6 Å². The Morgan fingerprint density at radius 3 is 2.71 bits per heavy atom. The van der Waals surface area contributed by atoms with E-state index in [9.17, 15) is 14.3 Å². The van der Waals surface area contributed by atoms with Crippen LogP contribution in [-0.4, -0.2) is 55.1 Å². The second-order valence-corrected chi connectivity index (χ2v) is 8.45. The Morgan fingerprint density at radius 1 is 1.35 bits per heavy atom. The van der Waals surface area contributed by atoms with Crippen molar-refractivity contribution in [3.8, 4) is 5.82 Å². The molecule has 5 N–H and O–H groups in total. The van der Waals surface area contributed by atoms with Gasteiger partial charge in [-0.2, -0.15) is 9.78 Å². The number of hydrogen-bond acceptors (Lipinski definition) is 7. The fraction of sp³-hybridized carbons (Fsp3) is 0.400. The van der Waals surface area contributed by atoms with Crippen molar-refractivity contribution in [3.05, 3.63) is 35.1 Å². The van der Waals surface area contributed by atoms with Gasteiger partial charge in [0, 0.05) is 23.7 Å². The Bertz CT molecular complexity index is 1110. The van der Waals surface area contributed by atoms with E-state index < -0.39 is 17.7 Å². The first-order chi connectivity index (χ1) is 14.5. The first-order valence-electron chi connectivity index (χ1n) is 9.68. The third kappa shape index (κ3) is 5.02. The van der Waals surface area contributed by atoms with Gasteiger partial charge in [-0.15, -0.1) is 0 Å². The summed E-state index contributed by atoms with van der Waals surface area (Å²) >= 11 is 6.02. The van der Waals surface area contributed by atoms with Crippen LogP contribution in [-0.2, 0) is 0 Å². The number of aliphatic hydroxyl groups is 1. The third-order valence-corrected chi connectivity index (χ3v) is 4.83. The topological polar surface area (TPSA) is 131 Å². The summed E-state index contributed by atoms with van der Waals surface area (Å²) in [6, 6.07) is 3.32. The number of aromatic nitrogens is 4. The van der Waals surface area contributed by atoms with Crippen molar-refractivity contribution in [3.63, 3.8) is 0 Å². The maximum absolute atomic E-state index is 14.0. The van der Waals surface area contributed by atoms with Crippen molar-refractivity contribution >= 4 is 40.0 Å². The second kappa shape index (κ2) is 8.64. The minimum atomic E-state index is -1.62. The molecule has 0 aliphatic heterocycles. The van der Waals surface area contributed by atoms with Gasteiger partial charge in [0.2, 0.25) is 0 Å². The quantitative estimate of drug-likeness (QED) is 0.436. The molecule has 3 aromatic heterocycles. The van der Waals surface area contributed by atoms with Gasteiger partial charge in [-0.1, -0.05) is 11.6 Å². The zero-order valence-electron chi connectivity index (χ0n) is 17.6. The first kappa shape index (κ1) is 22.7. The second-order valence-electron chi connectivity index (χ2n) is 8.04. The predicted molar refractivity (Wildman–Crippen MR) is 118 cm³/mol.